The van der Waals surface area contributed by atoms with Crippen LogP contribution in [0.2, 0.25) is 0 Å². The largest absolute Gasteiger partial charge is 0.421 e. The van der Waals surface area contributed by atoms with Crippen molar-refractivity contribution in [2.45, 2.75) is 18.9 Å². The molecule has 0 bridgehead atoms. The number of nitrogens with one attached hydrogen (secondary N) is 1. The summed E-state index contributed by atoms with van der Waals surface area (Å²) in [6, 6.07) is 9.65. The molecule has 1 saturated heterocycles. The summed E-state index contributed by atoms with van der Waals surface area (Å²) in [5.74, 6) is 1.58. The number of sulfone groups is 1. The third kappa shape index (κ3) is 3.68. The second-order valence-electron chi connectivity index (χ2n) is 5.17. The molecule has 6 nitrogen and oxygen atoms in total. The highest BCUT2D eigenvalue weighted by Crippen LogP contribution is 2.17. The van der Waals surface area contributed by atoms with E-state index in [1.807, 2.05) is 30.3 Å². The van der Waals surface area contributed by atoms with Crippen molar-refractivity contribution < 1.29 is 12.8 Å². The predicted octanol–water partition coefficient (Wildman–Crippen LogP) is 1.06. The fourth-order valence-corrected chi connectivity index (χ4v) is 4.10. The Kier molecular flexibility index (Phi) is 4.03. The first-order chi connectivity index (χ1) is 10.1. The minimum absolute atomic E-state index is 0.0477. The molecule has 1 unspecified atom stereocenters. The molecule has 2 aromatic rings. The maximum absolute atomic E-state index is 11.4. The number of nitrogens with zero attached hydrogens (tertiary/aromatic N) is 2. The first kappa shape index (κ1) is 14.2. The number of rotatable bonds is 5. The summed E-state index contributed by atoms with van der Waals surface area (Å²) in [6.45, 7) is 0.636. The van der Waals surface area contributed by atoms with Crippen LogP contribution in [-0.4, -0.2) is 42.7 Å². The van der Waals surface area contributed by atoms with Crippen molar-refractivity contribution in [3.8, 4) is 11.5 Å². The third-order valence-corrected chi connectivity index (χ3v) is 5.26. The molecule has 1 fully saturated rings. The Bertz CT molecular complexity index is 697. The molecule has 0 radical (unpaired) electrons. The quantitative estimate of drug-likeness (QED) is 0.889. The zero-order chi connectivity index (χ0) is 14.7. The van der Waals surface area contributed by atoms with Crippen LogP contribution in [0, 0.1) is 0 Å². The lowest BCUT2D eigenvalue weighted by Gasteiger charge is -2.08. The van der Waals surface area contributed by atoms with Crippen molar-refractivity contribution in [3.63, 3.8) is 0 Å². The van der Waals surface area contributed by atoms with Crippen molar-refractivity contribution in [2.24, 2.45) is 0 Å². The van der Waals surface area contributed by atoms with Crippen LogP contribution in [-0.2, 0) is 16.3 Å². The molecular weight excluding hydrogens is 290 g/mol. The van der Waals surface area contributed by atoms with E-state index >= 15 is 0 Å². The van der Waals surface area contributed by atoms with Crippen molar-refractivity contribution in [3.05, 3.63) is 36.2 Å². The molecule has 21 heavy (non-hydrogen) atoms. The van der Waals surface area contributed by atoms with E-state index < -0.39 is 9.84 Å². The smallest absolute Gasteiger partial charge is 0.247 e. The molecule has 112 valence electrons. The van der Waals surface area contributed by atoms with E-state index in [2.05, 4.69) is 15.5 Å². The number of hydrogen-bond donors (Lipinski definition) is 1. The van der Waals surface area contributed by atoms with E-state index in [9.17, 15) is 8.42 Å². The molecule has 1 N–H and O–H groups in total. The monoisotopic (exact) mass is 307 g/mol. The second-order valence-corrected chi connectivity index (χ2v) is 7.40. The van der Waals surface area contributed by atoms with Crippen LogP contribution in [0.3, 0.4) is 0 Å². The molecule has 2 heterocycles. The summed E-state index contributed by atoms with van der Waals surface area (Å²) < 4.78 is 28.3. The van der Waals surface area contributed by atoms with Gasteiger partial charge in [-0.3, -0.25) is 0 Å². The molecule has 3 rings (SSSR count). The topological polar surface area (TPSA) is 85.1 Å². The molecule has 0 saturated carbocycles. The van der Waals surface area contributed by atoms with Gasteiger partial charge in [-0.25, -0.2) is 8.42 Å². The number of hydrogen-bond acceptors (Lipinski definition) is 6. The predicted molar refractivity (Wildman–Crippen MR) is 78.5 cm³/mol. The molecule has 0 amide bonds. The van der Waals surface area contributed by atoms with Gasteiger partial charge in [-0.15, -0.1) is 10.2 Å². The average Bonchev–Trinajstić information content (AvgIpc) is 3.07. The fraction of sp³-hybridized carbons (Fsp3) is 0.429. The summed E-state index contributed by atoms with van der Waals surface area (Å²) in [6.07, 6.45) is 1.28. The van der Waals surface area contributed by atoms with Crippen LogP contribution in [0.25, 0.3) is 11.5 Å². The molecular formula is C14H17N3O3S. The molecule has 1 aromatic carbocycles. The summed E-state index contributed by atoms with van der Waals surface area (Å²) in [5.41, 5.74) is 0.895. The van der Waals surface area contributed by atoms with Crippen molar-refractivity contribution in [1.82, 2.24) is 15.5 Å². The van der Waals surface area contributed by atoms with Gasteiger partial charge in [-0.1, -0.05) is 18.2 Å². The standard InChI is InChI=1S/C14H17N3O3S/c18-21(19)9-7-12(10-21)15-8-6-13-16-17-14(20-13)11-4-2-1-3-5-11/h1-5,12,15H,6-10H2. The third-order valence-electron chi connectivity index (χ3n) is 3.49. The maximum atomic E-state index is 11.4. The number of benzene rings is 1. The molecule has 1 aliphatic heterocycles. The Morgan fingerprint density at radius 2 is 2.05 bits per heavy atom. The minimum atomic E-state index is -2.84. The lowest BCUT2D eigenvalue weighted by atomic mass is 10.2. The lowest BCUT2D eigenvalue weighted by molar-refractivity contribution is 0.479. The van der Waals surface area contributed by atoms with Crippen molar-refractivity contribution in [2.75, 3.05) is 18.1 Å². The first-order valence-electron chi connectivity index (χ1n) is 6.94. The van der Waals surface area contributed by atoms with E-state index in [1.54, 1.807) is 0 Å². The van der Waals surface area contributed by atoms with Crippen molar-refractivity contribution >= 4 is 9.84 Å². The van der Waals surface area contributed by atoms with Crippen LogP contribution < -0.4 is 5.32 Å². The SMILES string of the molecule is O=S1(=O)CCC(NCCc2nnc(-c3ccccc3)o2)C1. The molecule has 1 aliphatic rings. The summed E-state index contributed by atoms with van der Waals surface area (Å²) in [7, 11) is -2.84. The van der Waals surface area contributed by atoms with Gasteiger partial charge in [0.2, 0.25) is 11.8 Å². The summed E-state index contributed by atoms with van der Waals surface area (Å²) in [5, 5.41) is 11.3. The van der Waals surface area contributed by atoms with Gasteiger partial charge in [0.1, 0.15) is 0 Å². The van der Waals surface area contributed by atoms with Gasteiger partial charge in [0.15, 0.2) is 9.84 Å². The van der Waals surface area contributed by atoms with Gasteiger partial charge in [-0.2, -0.15) is 0 Å². The van der Waals surface area contributed by atoms with Gasteiger partial charge in [-0.05, 0) is 18.6 Å². The van der Waals surface area contributed by atoms with Crippen LogP contribution in [0.5, 0.6) is 0 Å². The van der Waals surface area contributed by atoms with Crippen LogP contribution >= 0.6 is 0 Å². The zero-order valence-corrected chi connectivity index (χ0v) is 12.3. The highest BCUT2D eigenvalue weighted by Gasteiger charge is 2.27. The lowest BCUT2D eigenvalue weighted by Crippen LogP contribution is -2.31. The normalized spacial score (nSPS) is 20.7. The average molecular weight is 307 g/mol. The summed E-state index contributed by atoms with van der Waals surface area (Å²) >= 11 is 0. The van der Waals surface area contributed by atoms with E-state index in [4.69, 9.17) is 4.42 Å². The van der Waals surface area contributed by atoms with E-state index in [0.29, 0.717) is 31.2 Å². The van der Waals surface area contributed by atoms with Crippen LogP contribution in [0.15, 0.2) is 34.7 Å². The highest BCUT2D eigenvalue weighted by molar-refractivity contribution is 7.91. The highest BCUT2D eigenvalue weighted by atomic mass is 32.2. The Hall–Kier alpha value is -1.73. The minimum Gasteiger partial charge on any atom is -0.421 e. The van der Waals surface area contributed by atoms with Gasteiger partial charge >= 0.3 is 0 Å². The zero-order valence-electron chi connectivity index (χ0n) is 11.5. The fourth-order valence-electron chi connectivity index (χ4n) is 2.39. The van der Waals surface area contributed by atoms with Crippen LogP contribution in [0.4, 0.5) is 0 Å². The van der Waals surface area contributed by atoms with Gasteiger partial charge in [0.25, 0.3) is 0 Å². The van der Waals surface area contributed by atoms with Crippen molar-refractivity contribution in [1.29, 1.82) is 0 Å². The Labute approximate surface area is 123 Å². The molecule has 0 aliphatic carbocycles. The van der Waals surface area contributed by atoms with Gasteiger partial charge < -0.3 is 9.73 Å². The maximum Gasteiger partial charge on any atom is 0.247 e. The molecule has 1 atom stereocenters. The summed E-state index contributed by atoms with van der Waals surface area (Å²) in [4.78, 5) is 0. The molecule has 1 aromatic heterocycles. The Morgan fingerprint density at radius 3 is 2.76 bits per heavy atom. The van der Waals surface area contributed by atoms with Gasteiger partial charge in [0, 0.05) is 24.6 Å². The number of aromatic nitrogens is 2. The van der Waals surface area contributed by atoms with E-state index in [0.717, 1.165) is 5.56 Å². The second kappa shape index (κ2) is 5.95. The Morgan fingerprint density at radius 1 is 1.24 bits per heavy atom. The first-order valence-corrected chi connectivity index (χ1v) is 8.76. The van der Waals surface area contributed by atoms with Crippen LogP contribution in [0.1, 0.15) is 12.3 Å². The van der Waals surface area contributed by atoms with E-state index in [-0.39, 0.29) is 17.5 Å². The molecule has 7 heteroatoms. The molecule has 0 spiro atoms. The van der Waals surface area contributed by atoms with E-state index in [1.165, 1.54) is 0 Å². The van der Waals surface area contributed by atoms with Gasteiger partial charge in [0.05, 0.1) is 11.5 Å². The Balaban J connectivity index is 1.52.